The quantitative estimate of drug-likeness (QED) is 0.697. The summed E-state index contributed by atoms with van der Waals surface area (Å²) in [5, 5.41) is 2.71. The molecule has 9 heteroatoms. The minimum absolute atomic E-state index is 0.0151. The molecule has 164 valence electrons. The highest BCUT2D eigenvalue weighted by Crippen LogP contribution is 2.23. The van der Waals surface area contributed by atoms with Gasteiger partial charge in [-0.15, -0.1) is 0 Å². The van der Waals surface area contributed by atoms with Gasteiger partial charge in [-0.1, -0.05) is 0 Å². The first-order valence-electron chi connectivity index (χ1n) is 10.5. The van der Waals surface area contributed by atoms with Gasteiger partial charge in [-0.05, 0) is 37.1 Å². The molecule has 1 aliphatic heterocycles. The molecule has 1 aromatic heterocycles. The Bertz CT molecular complexity index is 943. The third-order valence-corrected chi connectivity index (χ3v) is 5.51. The number of methoxy groups -OCH3 is 1. The highest BCUT2D eigenvalue weighted by Gasteiger charge is 2.31. The van der Waals surface area contributed by atoms with Crippen molar-refractivity contribution in [3.05, 3.63) is 36.4 Å². The second kappa shape index (κ2) is 9.20. The van der Waals surface area contributed by atoms with Gasteiger partial charge in [0.1, 0.15) is 5.75 Å². The van der Waals surface area contributed by atoms with E-state index in [0.717, 1.165) is 24.2 Å². The summed E-state index contributed by atoms with van der Waals surface area (Å²) >= 11 is 0. The molecular formula is C22H26N4O5. The Labute approximate surface area is 180 Å². The number of ether oxygens (including phenoxy) is 1. The predicted octanol–water partition coefficient (Wildman–Crippen LogP) is 1.23. The Balaban J connectivity index is 1.23. The number of carbonyl (C=O) groups is 3. The van der Waals surface area contributed by atoms with Crippen molar-refractivity contribution in [1.82, 2.24) is 20.1 Å². The van der Waals surface area contributed by atoms with Gasteiger partial charge >= 0.3 is 11.8 Å². The molecular weight excluding hydrogens is 400 g/mol. The smallest absolute Gasteiger partial charge is 0.312 e. The Morgan fingerprint density at radius 1 is 1.10 bits per heavy atom. The fraction of sp³-hybridized carbons (Fsp3) is 0.455. The van der Waals surface area contributed by atoms with Crippen molar-refractivity contribution >= 4 is 17.7 Å². The van der Waals surface area contributed by atoms with Crippen LogP contribution in [0.4, 0.5) is 0 Å². The molecule has 31 heavy (non-hydrogen) atoms. The summed E-state index contributed by atoms with van der Waals surface area (Å²) in [5.41, 5.74) is 0.886. The molecule has 0 unspecified atom stereocenters. The van der Waals surface area contributed by atoms with Crippen LogP contribution in [-0.4, -0.2) is 71.8 Å². The fourth-order valence-electron chi connectivity index (χ4n) is 3.46. The molecule has 3 amide bonds. The molecule has 0 atom stereocenters. The monoisotopic (exact) mass is 426 g/mol. The lowest BCUT2D eigenvalue weighted by Crippen LogP contribution is -2.54. The lowest BCUT2D eigenvalue weighted by atomic mass is 10.2. The number of rotatable bonds is 6. The molecule has 1 saturated heterocycles. The number of aromatic nitrogens is 1. The highest BCUT2D eigenvalue weighted by molar-refractivity contribution is 6.35. The average Bonchev–Trinajstić information content (AvgIpc) is 3.50. The summed E-state index contributed by atoms with van der Waals surface area (Å²) in [7, 11) is 1.61. The maximum absolute atomic E-state index is 12.5. The lowest BCUT2D eigenvalue weighted by molar-refractivity contribution is -0.148. The Morgan fingerprint density at radius 3 is 2.42 bits per heavy atom. The van der Waals surface area contributed by atoms with Crippen LogP contribution in [0.5, 0.6) is 5.75 Å². The van der Waals surface area contributed by atoms with Gasteiger partial charge in [-0.3, -0.25) is 14.4 Å². The molecule has 9 nitrogen and oxygen atoms in total. The van der Waals surface area contributed by atoms with Crippen LogP contribution >= 0.6 is 0 Å². The van der Waals surface area contributed by atoms with Crippen LogP contribution in [0.15, 0.2) is 34.9 Å². The number of carbonyl (C=O) groups excluding carboxylic acids is 3. The van der Waals surface area contributed by atoms with Gasteiger partial charge in [-0.25, -0.2) is 4.98 Å². The first-order chi connectivity index (χ1) is 15.0. The van der Waals surface area contributed by atoms with E-state index in [0.29, 0.717) is 44.3 Å². The van der Waals surface area contributed by atoms with E-state index in [4.69, 9.17) is 9.15 Å². The van der Waals surface area contributed by atoms with Gasteiger partial charge in [0, 0.05) is 50.6 Å². The van der Waals surface area contributed by atoms with Crippen molar-refractivity contribution in [2.24, 2.45) is 0 Å². The number of nitrogens with one attached hydrogen (secondary N) is 1. The number of nitrogens with zero attached hydrogens (tertiary/aromatic N) is 3. The largest absolute Gasteiger partial charge is 0.497 e. The molecule has 0 radical (unpaired) electrons. The van der Waals surface area contributed by atoms with Crippen molar-refractivity contribution in [2.45, 2.75) is 31.7 Å². The van der Waals surface area contributed by atoms with Crippen LogP contribution < -0.4 is 10.1 Å². The molecule has 1 N–H and O–H groups in total. The Kier molecular flexibility index (Phi) is 6.20. The van der Waals surface area contributed by atoms with Crippen LogP contribution in [0, 0.1) is 0 Å². The van der Waals surface area contributed by atoms with E-state index in [1.54, 1.807) is 18.2 Å². The van der Waals surface area contributed by atoms with E-state index in [1.165, 1.54) is 4.90 Å². The number of oxazole rings is 1. The normalized spacial score (nSPS) is 16.2. The third-order valence-electron chi connectivity index (χ3n) is 5.51. The standard InChI is InChI=1S/C22H26N4O5/c1-30-17-6-2-15(3-7-17)18-14-23-19(31-18)8-9-20(27)25-10-12-26(13-11-25)22(29)21(28)24-16-4-5-16/h2-3,6-7,14,16H,4-5,8-13H2,1H3,(H,24,28). The second-order valence-electron chi connectivity index (χ2n) is 7.77. The summed E-state index contributed by atoms with van der Waals surface area (Å²) < 4.78 is 10.9. The molecule has 2 aromatic rings. The lowest BCUT2D eigenvalue weighted by Gasteiger charge is -2.34. The van der Waals surface area contributed by atoms with Crippen LogP contribution in [0.2, 0.25) is 0 Å². The van der Waals surface area contributed by atoms with Gasteiger partial charge < -0.3 is 24.3 Å². The number of benzene rings is 1. The maximum atomic E-state index is 12.5. The first-order valence-corrected chi connectivity index (χ1v) is 10.5. The molecule has 0 bridgehead atoms. The van der Waals surface area contributed by atoms with E-state index in [2.05, 4.69) is 10.3 Å². The molecule has 2 fully saturated rings. The number of hydrogen-bond donors (Lipinski definition) is 1. The molecule has 4 rings (SSSR count). The second-order valence-corrected chi connectivity index (χ2v) is 7.77. The van der Waals surface area contributed by atoms with Gasteiger partial charge in [0.15, 0.2) is 11.7 Å². The predicted molar refractivity (Wildman–Crippen MR) is 111 cm³/mol. The molecule has 2 aliphatic rings. The molecule has 1 aliphatic carbocycles. The van der Waals surface area contributed by atoms with Gasteiger partial charge in [0.25, 0.3) is 0 Å². The summed E-state index contributed by atoms with van der Waals surface area (Å²) in [6, 6.07) is 7.63. The zero-order valence-corrected chi connectivity index (χ0v) is 17.5. The minimum Gasteiger partial charge on any atom is -0.497 e. The van der Waals surface area contributed by atoms with Crippen molar-refractivity contribution in [1.29, 1.82) is 0 Å². The van der Waals surface area contributed by atoms with Gasteiger partial charge in [-0.2, -0.15) is 0 Å². The number of amides is 3. The van der Waals surface area contributed by atoms with Crippen LogP contribution in [0.3, 0.4) is 0 Å². The zero-order chi connectivity index (χ0) is 21.8. The molecule has 1 aromatic carbocycles. The Morgan fingerprint density at radius 2 is 1.77 bits per heavy atom. The summed E-state index contributed by atoms with van der Waals surface area (Å²) in [5.74, 6) is 0.841. The van der Waals surface area contributed by atoms with E-state index >= 15 is 0 Å². The third kappa shape index (κ3) is 5.22. The zero-order valence-electron chi connectivity index (χ0n) is 17.5. The van der Waals surface area contributed by atoms with E-state index in [-0.39, 0.29) is 18.4 Å². The summed E-state index contributed by atoms with van der Waals surface area (Å²) in [6.45, 7) is 1.57. The van der Waals surface area contributed by atoms with Gasteiger partial charge in [0.2, 0.25) is 5.91 Å². The maximum Gasteiger partial charge on any atom is 0.312 e. The van der Waals surface area contributed by atoms with Gasteiger partial charge in [0.05, 0.1) is 13.3 Å². The average molecular weight is 426 g/mol. The molecule has 1 saturated carbocycles. The topological polar surface area (TPSA) is 105 Å². The number of piperazine rings is 1. The minimum atomic E-state index is -0.543. The van der Waals surface area contributed by atoms with Crippen molar-refractivity contribution in [3.63, 3.8) is 0 Å². The van der Waals surface area contributed by atoms with E-state index < -0.39 is 11.8 Å². The molecule has 0 spiro atoms. The first kappa shape index (κ1) is 20.9. The highest BCUT2D eigenvalue weighted by atomic mass is 16.5. The van der Waals surface area contributed by atoms with Crippen LogP contribution in [0.1, 0.15) is 25.2 Å². The van der Waals surface area contributed by atoms with Crippen molar-refractivity contribution in [2.75, 3.05) is 33.3 Å². The summed E-state index contributed by atoms with van der Waals surface area (Å²) in [4.78, 5) is 44.1. The van der Waals surface area contributed by atoms with Crippen LogP contribution in [0.25, 0.3) is 11.3 Å². The van der Waals surface area contributed by atoms with Crippen LogP contribution in [-0.2, 0) is 20.8 Å². The van der Waals surface area contributed by atoms with Crippen molar-refractivity contribution in [3.8, 4) is 17.1 Å². The SMILES string of the molecule is COc1ccc(-c2cnc(CCC(=O)N3CCN(C(=O)C(=O)NC4CC4)CC3)o2)cc1. The molecule has 2 heterocycles. The van der Waals surface area contributed by atoms with Crippen molar-refractivity contribution < 1.29 is 23.5 Å². The summed E-state index contributed by atoms with van der Waals surface area (Å²) in [6.07, 6.45) is 4.20. The number of aryl methyl sites for hydroxylation is 1. The van der Waals surface area contributed by atoms with E-state index in [1.807, 2.05) is 24.3 Å². The fourth-order valence-corrected chi connectivity index (χ4v) is 3.46. The van der Waals surface area contributed by atoms with E-state index in [9.17, 15) is 14.4 Å². The Hall–Kier alpha value is -3.36. The number of hydrogen-bond acceptors (Lipinski definition) is 6.